The van der Waals surface area contributed by atoms with Gasteiger partial charge in [0.15, 0.2) is 4.34 Å². The van der Waals surface area contributed by atoms with Crippen LogP contribution in [0.2, 0.25) is 0 Å². The van der Waals surface area contributed by atoms with Crippen LogP contribution in [0.5, 0.6) is 0 Å². The molecule has 1 saturated heterocycles. The van der Waals surface area contributed by atoms with Crippen molar-refractivity contribution in [3.8, 4) is 0 Å². The molecule has 1 saturated carbocycles. The summed E-state index contributed by atoms with van der Waals surface area (Å²) in [7, 11) is 0. The van der Waals surface area contributed by atoms with Gasteiger partial charge in [0, 0.05) is 5.75 Å². The van der Waals surface area contributed by atoms with E-state index < -0.39 is 17.5 Å². The fraction of sp³-hybridized carbons (Fsp3) is 0.562. The topological polar surface area (TPSA) is 104 Å². The minimum atomic E-state index is -0.854. The van der Waals surface area contributed by atoms with Crippen molar-refractivity contribution >= 4 is 46.1 Å². The molecule has 1 aliphatic carbocycles. The molecule has 1 aromatic heterocycles. The lowest BCUT2D eigenvalue weighted by Gasteiger charge is -2.36. The van der Waals surface area contributed by atoms with Crippen molar-refractivity contribution in [2.45, 2.75) is 42.5 Å². The Morgan fingerprint density at radius 1 is 1.50 bits per heavy atom. The molecule has 0 aromatic carbocycles. The van der Waals surface area contributed by atoms with Crippen molar-refractivity contribution in [3.05, 3.63) is 12.7 Å². The fourth-order valence-corrected chi connectivity index (χ4v) is 4.92. The molecule has 26 heavy (non-hydrogen) atoms. The summed E-state index contributed by atoms with van der Waals surface area (Å²) in [6.07, 6.45) is 5.21. The predicted octanol–water partition coefficient (Wildman–Crippen LogP) is 2.26. The number of carbonyl (C=O) groups is 3. The molecule has 2 atom stereocenters. The van der Waals surface area contributed by atoms with E-state index in [-0.39, 0.29) is 18.4 Å². The number of rotatable bonds is 6. The van der Waals surface area contributed by atoms with Crippen molar-refractivity contribution in [1.82, 2.24) is 20.4 Å². The molecule has 0 radical (unpaired) electrons. The number of thioether (sulfide) groups is 1. The van der Waals surface area contributed by atoms with E-state index in [0.717, 1.165) is 24.2 Å². The SMILES string of the molecule is C=CCSc1nnc(NC(=O)CN2C(=O)N[C@]3(CCCC[C@H]3C)C2=O)s1. The van der Waals surface area contributed by atoms with E-state index in [1.807, 2.05) is 6.92 Å². The first kappa shape index (κ1) is 18.8. The van der Waals surface area contributed by atoms with Crippen LogP contribution >= 0.6 is 23.1 Å². The number of urea groups is 1. The summed E-state index contributed by atoms with van der Waals surface area (Å²) in [6.45, 7) is 5.29. The van der Waals surface area contributed by atoms with Gasteiger partial charge in [-0.05, 0) is 18.8 Å². The standard InChI is InChI=1S/C16H21N5O3S2/c1-3-8-25-15-20-19-13(26-15)17-11(22)9-21-12(23)16(18-14(21)24)7-5-4-6-10(16)2/h3,10H,1,4-9H2,2H3,(H,18,24)(H,17,19,22)/t10-,16+/m1/s1. The maximum absolute atomic E-state index is 12.8. The number of nitrogens with zero attached hydrogens (tertiary/aromatic N) is 3. The summed E-state index contributed by atoms with van der Waals surface area (Å²) in [5.41, 5.74) is -0.854. The molecular weight excluding hydrogens is 374 g/mol. The van der Waals surface area contributed by atoms with Crippen LogP contribution in [0.1, 0.15) is 32.6 Å². The Morgan fingerprint density at radius 3 is 3.04 bits per heavy atom. The molecule has 8 nitrogen and oxygen atoms in total. The third-order valence-electron chi connectivity index (χ3n) is 4.78. The normalized spacial score (nSPS) is 25.4. The second-order valence-corrected chi connectivity index (χ2v) is 8.71. The van der Waals surface area contributed by atoms with Gasteiger partial charge in [-0.1, -0.05) is 48.9 Å². The highest BCUT2D eigenvalue weighted by molar-refractivity contribution is 8.01. The van der Waals surface area contributed by atoms with Crippen LogP contribution < -0.4 is 10.6 Å². The molecule has 0 bridgehead atoms. The Morgan fingerprint density at radius 2 is 2.31 bits per heavy atom. The van der Waals surface area contributed by atoms with E-state index in [0.29, 0.717) is 21.6 Å². The van der Waals surface area contributed by atoms with Crippen molar-refractivity contribution < 1.29 is 14.4 Å². The van der Waals surface area contributed by atoms with Gasteiger partial charge in [0.1, 0.15) is 12.1 Å². The lowest BCUT2D eigenvalue weighted by molar-refractivity contribution is -0.136. The summed E-state index contributed by atoms with van der Waals surface area (Å²) in [5, 5.41) is 13.6. The lowest BCUT2D eigenvalue weighted by atomic mass is 9.73. The molecule has 4 amide bonds. The van der Waals surface area contributed by atoms with Crippen LogP contribution in [0.25, 0.3) is 0 Å². The lowest BCUT2D eigenvalue weighted by Crippen LogP contribution is -2.54. The van der Waals surface area contributed by atoms with Gasteiger partial charge in [-0.2, -0.15) is 0 Å². The number of anilines is 1. The molecule has 1 aromatic rings. The molecule has 3 rings (SSSR count). The van der Waals surface area contributed by atoms with Crippen molar-refractivity contribution in [2.75, 3.05) is 17.6 Å². The van der Waals surface area contributed by atoms with Crippen molar-refractivity contribution in [1.29, 1.82) is 0 Å². The van der Waals surface area contributed by atoms with E-state index in [9.17, 15) is 14.4 Å². The van der Waals surface area contributed by atoms with Crippen molar-refractivity contribution in [2.24, 2.45) is 5.92 Å². The number of hydrogen-bond acceptors (Lipinski definition) is 7. The summed E-state index contributed by atoms with van der Waals surface area (Å²) >= 11 is 2.70. The van der Waals surface area contributed by atoms with E-state index in [1.165, 1.54) is 23.1 Å². The van der Waals surface area contributed by atoms with Gasteiger partial charge in [0.25, 0.3) is 5.91 Å². The quantitative estimate of drug-likeness (QED) is 0.331. The van der Waals surface area contributed by atoms with Gasteiger partial charge in [-0.3, -0.25) is 19.8 Å². The van der Waals surface area contributed by atoms with Crippen LogP contribution in [0, 0.1) is 5.92 Å². The van der Waals surface area contributed by atoms with E-state index in [2.05, 4.69) is 27.4 Å². The minimum absolute atomic E-state index is 0.0633. The summed E-state index contributed by atoms with van der Waals surface area (Å²) in [6, 6.07) is -0.501. The highest BCUT2D eigenvalue weighted by Crippen LogP contribution is 2.38. The van der Waals surface area contributed by atoms with Gasteiger partial charge in [-0.25, -0.2) is 4.79 Å². The zero-order valence-corrected chi connectivity index (χ0v) is 16.1. The third kappa shape index (κ3) is 3.61. The van der Waals surface area contributed by atoms with Gasteiger partial charge < -0.3 is 5.32 Å². The van der Waals surface area contributed by atoms with E-state index in [4.69, 9.17) is 0 Å². The molecule has 2 fully saturated rings. The Bertz CT molecular complexity index is 737. The third-order valence-corrected chi connectivity index (χ3v) is 6.75. The fourth-order valence-electron chi connectivity index (χ4n) is 3.39. The molecule has 10 heteroatoms. The first-order valence-electron chi connectivity index (χ1n) is 8.47. The Balaban J connectivity index is 1.62. The Labute approximate surface area is 159 Å². The zero-order chi connectivity index (χ0) is 18.7. The summed E-state index contributed by atoms with van der Waals surface area (Å²) in [5.74, 6) is -0.00572. The molecule has 0 unspecified atom stereocenters. The van der Waals surface area contributed by atoms with Crippen LogP contribution in [0.15, 0.2) is 17.0 Å². The highest BCUT2D eigenvalue weighted by atomic mass is 32.2. The first-order chi connectivity index (χ1) is 12.5. The zero-order valence-electron chi connectivity index (χ0n) is 14.5. The van der Waals surface area contributed by atoms with E-state index >= 15 is 0 Å². The maximum atomic E-state index is 12.8. The first-order valence-corrected chi connectivity index (χ1v) is 10.3. The monoisotopic (exact) mass is 395 g/mol. The number of carbonyl (C=O) groups excluding carboxylic acids is 3. The molecule has 1 aliphatic heterocycles. The second-order valence-electron chi connectivity index (χ2n) is 6.46. The Kier molecular flexibility index (Phi) is 5.61. The van der Waals surface area contributed by atoms with E-state index in [1.54, 1.807) is 6.08 Å². The van der Waals surface area contributed by atoms with Crippen LogP contribution in [-0.4, -0.2) is 50.8 Å². The largest absolute Gasteiger partial charge is 0.325 e. The summed E-state index contributed by atoms with van der Waals surface area (Å²) < 4.78 is 0.713. The second kappa shape index (κ2) is 7.75. The molecule has 2 heterocycles. The number of nitrogens with one attached hydrogen (secondary N) is 2. The van der Waals surface area contributed by atoms with Gasteiger partial charge in [0.2, 0.25) is 11.0 Å². The molecule has 2 aliphatic rings. The smallest absolute Gasteiger partial charge is 0.323 e. The number of amides is 4. The molecular formula is C16H21N5O3S2. The highest BCUT2D eigenvalue weighted by Gasteiger charge is 2.55. The average Bonchev–Trinajstić information content (AvgIpc) is 3.14. The summed E-state index contributed by atoms with van der Waals surface area (Å²) in [4.78, 5) is 38.4. The van der Waals surface area contributed by atoms with Crippen LogP contribution in [0.3, 0.4) is 0 Å². The van der Waals surface area contributed by atoms with Gasteiger partial charge >= 0.3 is 6.03 Å². The molecule has 140 valence electrons. The van der Waals surface area contributed by atoms with Crippen LogP contribution in [0.4, 0.5) is 9.93 Å². The number of hydrogen-bond donors (Lipinski definition) is 2. The maximum Gasteiger partial charge on any atom is 0.325 e. The average molecular weight is 396 g/mol. The number of aromatic nitrogens is 2. The van der Waals surface area contributed by atoms with Gasteiger partial charge in [0.05, 0.1) is 0 Å². The van der Waals surface area contributed by atoms with Crippen molar-refractivity contribution in [3.63, 3.8) is 0 Å². The Hall–Kier alpha value is -1.94. The minimum Gasteiger partial charge on any atom is -0.323 e. The van der Waals surface area contributed by atoms with Gasteiger partial charge in [-0.15, -0.1) is 16.8 Å². The molecule has 2 N–H and O–H groups in total. The predicted molar refractivity (Wildman–Crippen MR) is 100 cm³/mol. The number of imide groups is 1. The van der Waals surface area contributed by atoms with Crippen LogP contribution in [-0.2, 0) is 9.59 Å². The molecule has 1 spiro atoms.